The van der Waals surface area contributed by atoms with Crippen LogP contribution in [0.4, 0.5) is 5.69 Å². The molecule has 0 aliphatic heterocycles. The second kappa shape index (κ2) is 6.06. The molecule has 0 spiro atoms. The molecule has 0 unspecified atom stereocenters. The molecule has 0 saturated heterocycles. The number of nitrogens with zero attached hydrogens (tertiary/aromatic N) is 3. The number of esters is 1. The number of aromatic amines is 1. The normalized spacial score (nSPS) is 10.4. The van der Waals surface area contributed by atoms with Crippen molar-refractivity contribution in [2.24, 2.45) is 0 Å². The van der Waals surface area contributed by atoms with E-state index in [2.05, 4.69) is 15.4 Å². The number of hydrogen-bond acceptors (Lipinski definition) is 6. The second-order valence-corrected chi connectivity index (χ2v) is 4.54. The van der Waals surface area contributed by atoms with Gasteiger partial charge in [-0.2, -0.15) is 10.3 Å². The first-order valence-electron chi connectivity index (χ1n) is 5.68. The third-order valence-electron chi connectivity index (χ3n) is 2.52. The van der Waals surface area contributed by atoms with Crippen LogP contribution < -0.4 is 0 Å². The summed E-state index contributed by atoms with van der Waals surface area (Å²) in [7, 11) is 0. The van der Waals surface area contributed by atoms with Crippen LogP contribution in [0.1, 0.15) is 17.4 Å². The molecule has 0 aliphatic rings. The summed E-state index contributed by atoms with van der Waals surface area (Å²) in [6.45, 7) is 1.77. The molecule has 0 bridgehead atoms. The van der Waals surface area contributed by atoms with Crippen LogP contribution in [0.15, 0.2) is 12.1 Å². The quantitative estimate of drug-likeness (QED) is 0.524. The Labute approximate surface area is 128 Å². The minimum absolute atomic E-state index is 0.00727. The van der Waals surface area contributed by atoms with E-state index >= 15 is 0 Å². The van der Waals surface area contributed by atoms with Gasteiger partial charge in [0, 0.05) is 11.6 Å². The van der Waals surface area contributed by atoms with Gasteiger partial charge in [-0.3, -0.25) is 10.1 Å². The molecule has 1 aromatic carbocycles. The zero-order chi connectivity index (χ0) is 15.6. The molecule has 21 heavy (non-hydrogen) atoms. The first-order valence-corrected chi connectivity index (χ1v) is 6.43. The minimum atomic E-state index is -0.736. The molecule has 0 amide bonds. The molecule has 1 aromatic heterocycles. The van der Waals surface area contributed by atoms with Crippen molar-refractivity contribution in [3.05, 3.63) is 38.0 Å². The summed E-state index contributed by atoms with van der Waals surface area (Å²) in [5.74, 6) is -0.736. The van der Waals surface area contributed by atoms with Crippen LogP contribution in [0.3, 0.4) is 0 Å². The van der Waals surface area contributed by atoms with Crippen molar-refractivity contribution in [1.82, 2.24) is 15.4 Å². The van der Waals surface area contributed by atoms with Crippen molar-refractivity contribution in [1.29, 1.82) is 0 Å². The van der Waals surface area contributed by atoms with Gasteiger partial charge in [0.2, 0.25) is 0 Å². The predicted molar refractivity (Wildman–Crippen MR) is 74.4 cm³/mol. The maximum absolute atomic E-state index is 11.8. The summed E-state index contributed by atoms with van der Waals surface area (Å²) in [5, 5.41) is 20.5. The van der Waals surface area contributed by atoms with Crippen LogP contribution in [0, 0.1) is 10.1 Å². The van der Waals surface area contributed by atoms with Gasteiger partial charge in [-0.15, -0.1) is 5.10 Å². The summed E-state index contributed by atoms with van der Waals surface area (Å²) >= 11 is 12.0. The van der Waals surface area contributed by atoms with Crippen molar-refractivity contribution >= 4 is 34.9 Å². The van der Waals surface area contributed by atoms with Crippen molar-refractivity contribution in [2.75, 3.05) is 6.61 Å². The van der Waals surface area contributed by atoms with Crippen LogP contribution in [0.5, 0.6) is 0 Å². The Hall–Kier alpha value is -2.19. The third-order valence-corrected chi connectivity index (χ3v) is 3.22. The number of ether oxygens (including phenoxy) is 1. The van der Waals surface area contributed by atoms with E-state index in [9.17, 15) is 14.9 Å². The van der Waals surface area contributed by atoms with E-state index < -0.39 is 10.9 Å². The first kappa shape index (κ1) is 15.2. The molecule has 1 N–H and O–H groups in total. The largest absolute Gasteiger partial charge is 0.461 e. The van der Waals surface area contributed by atoms with E-state index in [1.54, 1.807) is 6.92 Å². The summed E-state index contributed by atoms with van der Waals surface area (Å²) in [5.41, 5.74) is -0.466. The summed E-state index contributed by atoms with van der Waals surface area (Å²) < 4.78 is 4.82. The minimum Gasteiger partial charge on any atom is -0.461 e. The third kappa shape index (κ3) is 2.81. The highest BCUT2D eigenvalue weighted by molar-refractivity contribution is 6.40. The van der Waals surface area contributed by atoms with Crippen molar-refractivity contribution in [3.8, 4) is 11.3 Å². The predicted octanol–water partition coefficient (Wildman–Crippen LogP) is 2.86. The fourth-order valence-electron chi connectivity index (χ4n) is 1.65. The molecule has 0 fully saturated rings. The first-order chi connectivity index (χ1) is 9.97. The molecule has 1 heterocycles. The molecular formula is C11H8Cl2N4O4. The smallest absolute Gasteiger partial charge is 0.361 e. The fraction of sp³-hybridized carbons (Fsp3) is 0.182. The molecule has 2 rings (SSSR count). The second-order valence-electron chi connectivity index (χ2n) is 3.75. The van der Waals surface area contributed by atoms with Crippen LogP contribution in [-0.2, 0) is 4.74 Å². The van der Waals surface area contributed by atoms with Gasteiger partial charge in [0.25, 0.3) is 5.69 Å². The Morgan fingerprint density at radius 3 is 2.76 bits per heavy atom. The number of halogens is 2. The van der Waals surface area contributed by atoms with Crippen molar-refractivity contribution in [2.45, 2.75) is 6.92 Å². The Bertz CT molecular complexity index is 716. The maximum Gasteiger partial charge on any atom is 0.361 e. The lowest BCUT2D eigenvalue weighted by Crippen LogP contribution is -2.07. The average molecular weight is 331 g/mol. The molecule has 2 aromatic rings. The number of carbonyl (C=O) groups is 1. The molecule has 0 atom stereocenters. The van der Waals surface area contributed by atoms with E-state index in [1.807, 2.05) is 0 Å². The van der Waals surface area contributed by atoms with Crippen LogP contribution in [-0.4, -0.2) is 32.9 Å². The molecule has 0 radical (unpaired) electrons. The lowest BCUT2D eigenvalue weighted by atomic mass is 10.1. The van der Waals surface area contributed by atoms with E-state index in [1.165, 1.54) is 6.07 Å². The highest BCUT2D eigenvalue weighted by Crippen LogP contribution is 2.40. The average Bonchev–Trinajstić information content (AvgIpc) is 2.87. The molecule has 0 saturated carbocycles. The molecular weight excluding hydrogens is 323 g/mol. The van der Waals surface area contributed by atoms with Crippen LogP contribution in [0.2, 0.25) is 10.0 Å². The summed E-state index contributed by atoms with van der Waals surface area (Å²) in [6, 6.07) is 2.46. The van der Waals surface area contributed by atoms with Gasteiger partial charge in [-0.05, 0) is 13.0 Å². The van der Waals surface area contributed by atoms with Gasteiger partial charge in [0.15, 0.2) is 5.69 Å². The maximum atomic E-state index is 11.8. The zero-order valence-corrected chi connectivity index (χ0v) is 12.1. The van der Waals surface area contributed by atoms with Gasteiger partial charge in [-0.1, -0.05) is 23.2 Å². The van der Waals surface area contributed by atoms with Gasteiger partial charge >= 0.3 is 5.97 Å². The standard InChI is InChI=1S/C11H8Cl2N4O4/c1-2-21-11(18)10-9(14-16-15-10)7-5(12)3-4-6(8(7)13)17(19)20/h3-4H,2H2,1H3,(H,14,15,16). The lowest BCUT2D eigenvalue weighted by molar-refractivity contribution is -0.384. The topological polar surface area (TPSA) is 111 Å². The Balaban J connectivity index is 2.63. The van der Waals surface area contributed by atoms with Gasteiger partial charge in [-0.25, -0.2) is 4.79 Å². The highest BCUT2D eigenvalue weighted by Gasteiger charge is 2.27. The number of nitrogens with one attached hydrogen (secondary N) is 1. The van der Waals surface area contributed by atoms with E-state index in [-0.39, 0.29) is 39.3 Å². The number of aromatic nitrogens is 3. The van der Waals surface area contributed by atoms with Gasteiger partial charge in [0.05, 0.1) is 16.6 Å². The lowest BCUT2D eigenvalue weighted by Gasteiger charge is -2.06. The molecule has 8 nitrogen and oxygen atoms in total. The Morgan fingerprint density at radius 2 is 2.14 bits per heavy atom. The SMILES string of the molecule is CCOC(=O)c1n[nH]nc1-c1c(Cl)ccc([N+](=O)[O-])c1Cl. The number of H-pyrrole nitrogens is 1. The van der Waals surface area contributed by atoms with E-state index in [0.29, 0.717) is 0 Å². The Kier molecular flexibility index (Phi) is 4.39. The van der Waals surface area contributed by atoms with Gasteiger partial charge in [0.1, 0.15) is 10.7 Å². The van der Waals surface area contributed by atoms with Crippen molar-refractivity contribution in [3.63, 3.8) is 0 Å². The van der Waals surface area contributed by atoms with Crippen LogP contribution >= 0.6 is 23.2 Å². The Morgan fingerprint density at radius 1 is 1.43 bits per heavy atom. The molecule has 110 valence electrons. The van der Waals surface area contributed by atoms with Gasteiger partial charge < -0.3 is 4.74 Å². The highest BCUT2D eigenvalue weighted by atomic mass is 35.5. The number of hydrogen-bond donors (Lipinski definition) is 1. The molecule has 10 heteroatoms. The number of rotatable bonds is 4. The van der Waals surface area contributed by atoms with E-state index in [4.69, 9.17) is 27.9 Å². The number of carbonyl (C=O) groups excluding carboxylic acids is 1. The zero-order valence-electron chi connectivity index (χ0n) is 10.6. The molecule has 0 aliphatic carbocycles. The van der Waals surface area contributed by atoms with Crippen LogP contribution in [0.25, 0.3) is 11.3 Å². The summed E-state index contributed by atoms with van der Waals surface area (Å²) in [6.07, 6.45) is 0. The summed E-state index contributed by atoms with van der Waals surface area (Å²) in [4.78, 5) is 22.0. The number of nitro benzene ring substituents is 1. The fourth-order valence-corrected chi connectivity index (χ4v) is 2.27. The van der Waals surface area contributed by atoms with E-state index in [0.717, 1.165) is 6.07 Å². The van der Waals surface area contributed by atoms with Crippen molar-refractivity contribution < 1.29 is 14.5 Å². The monoisotopic (exact) mass is 330 g/mol. The number of nitro groups is 1. The number of benzene rings is 1.